The SMILES string of the molecule is CCC(C)Oc1cccc(NC(=O)NC2CCc3nc(C)nn3C2)c1. The van der Waals surface area contributed by atoms with E-state index in [-0.39, 0.29) is 18.2 Å². The predicted molar refractivity (Wildman–Crippen MR) is 95.8 cm³/mol. The summed E-state index contributed by atoms with van der Waals surface area (Å²) < 4.78 is 7.67. The Bertz CT molecular complexity index is 743. The van der Waals surface area contributed by atoms with Crippen molar-refractivity contribution >= 4 is 11.7 Å². The number of hydrogen-bond acceptors (Lipinski definition) is 4. The number of aromatic nitrogens is 3. The number of rotatable bonds is 5. The Morgan fingerprint density at radius 3 is 3.12 bits per heavy atom. The number of carbonyl (C=O) groups excluding carboxylic acids is 1. The van der Waals surface area contributed by atoms with E-state index < -0.39 is 0 Å². The summed E-state index contributed by atoms with van der Waals surface area (Å²) >= 11 is 0. The Balaban J connectivity index is 1.55. The first-order valence-corrected chi connectivity index (χ1v) is 8.78. The van der Waals surface area contributed by atoms with E-state index in [0.717, 1.165) is 36.7 Å². The molecule has 1 aromatic heterocycles. The minimum atomic E-state index is -0.217. The third-order valence-electron chi connectivity index (χ3n) is 4.30. The fourth-order valence-electron chi connectivity index (χ4n) is 2.87. The highest BCUT2D eigenvalue weighted by Gasteiger charge is 2.22. The van der Waals surface area contributed by atoms with Crippen molar-refractivity contribution < 1.29 is 9.53 Å². The quantitative estimate of drug-likeness (QED) is 0.875. The molecule has 2 aromatic rings. The third kappa shape index (κ3) is 4.49. The molecule has 1 aliphatic heterocycles. The standard InChI is InChI=1S/C18H25N5O2/c1-4-12(2)25-16-7-5-6-14(10-16)20-18(24)21-15-8-9-17-19-13(3)22-23(17)11-15/h5-7,10,12,15H,4,8-9,11H2,1-3H3,(H2,20,21,24). The molecule has 1 aliphatic rings. The van der Waals surface area contributed by atoms with E-state index in [1.54, 1.807) is 0 Å². The minimum absolute atomic E-state index is 0.0492. The Morgan fingerprint density at radius 2 is 2.32 bits per heavy atom. The van der Waals surface area contributed by atoms with Crippen LogP contribution in [0.1, 0.15) is 38.3 Å². The maximum absolute atomic E-state index is 12.3. The lowest BCUT2D eigenvalue weighted by molar-refractivity contribution is 0.217. The number of hydrogen-bond donors (Lipinski definition) is 2. The molecular weight excluding hydrogens is 318 g/mol. The van der Waals surface area contributed by atoms with Crippen molar-refractivity contribution in [3.63, 3.8) is 0 Å². The molecule has 1 aromatic carbocycles. The van der Waals surface area contributed by atoms with Crippen molar-refractivity contribution in [2.75, 3.05) is 5.32 Å². The second-order valence-corrected chi connectivity index (χ2v) is 6.46. The van der Waals surface area contributed by atoms with E-state index in [2.05, 4.69) is 27.6 Å². The molecule has 2 unspecified atom stereocenters. The van der Waals surface area contributed by atoms with Gasteiger partial charge in [-0.2, -0.15) is 5.10 Å². The van der Waals surface area contributed by atoms with Gasteiger partial charge in [-0.05, 0) is 38.8 Å². The van der Waals surface area contributed by atoms with Crippen LogP contribution < -0.4 is 15.4 Å². The molecule has 0 saturated heterocycles. The van der Waals surface area contributed by atoms with Crippen LogP contribution in [0.25, 0.3) is 0 Å². The van der Waals surface area contributed by atoms with E-state index in [1.807, 2.05) is 42.8 Å². The minimum Gasteiger partial charge on any atom is -0.491 e. The lowest BCUT2D eigenvalue weighted by Gasteiger charge is -2.23. The van der Waals surface area contributed by atoms with E-state index >= 15 is 0 Å². The number of nitrogens with zero attached hydrogens (tertiary/aromatic N) is 3. The van der Waals surface area contributed by atoms with Crippen molar-refractivity contribution in [2.45, 2.75) is 58.7 Å². The lowest BCUT2D eigenvalue weighted by atomic mass is 10.1. The number of fused-ring (bicyclic) bond motifs is 1. The van der Waals surface area contributed by atoms with E-state index in [0.29, 0.717) is 12.2 Å². The highest BCUT2D eigenvalue weighted by atomic mass is 16.5. The first-order chi connectivity index (χ1) is 12.0. The molecule has 0 aliphatic carbocycles. The monoisotopic (exact) mass is 343 g/mol. The molecule has 0 fully saturated rings. The zero-order valence-electron chi connectivity index (χ0n) is 15.0. The first kappa shape index (κ1) is 17.3. The molecule has 3 rings (SSSR count). The molecule has 7 nitrogen and oxygen atoms in total. The Labute approximate surface area is 147 Å². The number of carbonyl (C=O) groups is 1. The summed E-state index contributed by atoms with van der Waals surface area (Å²) in [6.45, 7) is 6.64. The van der Waals surface area contributed by atoms with Gasteiger partial charge in [0.15, 0.2) is 0 Å². The van der Waals surface area contributed by atoms with Gasteiger partial charge in [-0.1, -0.05) is 13.0 Å². The Kier molecular flexibility index (Phi) is 5.21. The van der Waals surface area contributed by atoms with Crippen LogP contribution in [0.3, 0.4) is 0 Å². The van der Waals surface area contributed by atoms with Gasteiger partial charge in [0.25, 0.3) is 0 Å². The van der Waals surface area contributed by atoms with Crippen LogP contribution in [0.15, 0.2) is 24.3 Å². The fourth-order valence-corrected chi connectivity index (χ4v) is 2.87. The average Bonchev–Trinajstić information content (AvgIpc) is 2.94. The molecule has 25 heavy (non-hydrogen) atoms. The van der Waals surface area contributed by atoms with Crippen LogP contribution in [0.2, 0.25) is 0 Å². The molecule has 2 N–H and O–H groups in total. The van der Waals surface area contributed by atoms with Crippen LogP contribution >= 0.6 is 0 Å². The number of urea groups is 1. The van der Waals surface area contributed by atoms with Crippen molar-refractivity contribution in [3.8, 4) is 5.75 Å². The third-order valence-corrected chi connectivity index (χ3v) is 4.30. The summed E-state index contributed by atoms with van der Waals surface area (Å²) in [7, 11) is 0. The van der Waals surface area contributed by atoms with E-state index in [4.69, 9.17) is 4.74 Å². The molecule has 0 saturated carbocycles. The second kappa shape index (κ2) is 7.55. The normalized spacial score (nSPS) is 17.5. The van der Waals surface area contributed by atoms with Crippen LogP contribution in [0, 0.1) is 6.92 Å². The predicted octanol–water partition coefficient (Wildman–Crippen LogP) is 2.90. The molecular formula is C18H25N5O2. The molecule has 7 heteroatoms. The number of anilines is 1. The maximum Gasteiger partial charge on any atom is 0.319 e. The van der Waals surface area contributed by atoms with Crippen molar-refractivity contribution in [1.29, 1.82) is 0 Å². The summed E-state index contributed by atoms with van der Waals surface area (Å²) in [4.78, 5) is 16.7. The average molecular weight is 343 g/mol. The number of aryl methyl sites for hydroxylation is 2. The van der Waals surface area contributed by atoms with Crippen molar-refractivity contribution in [2.24, 2.45) is 0 Å². The fraction of sp³-hybridized carbons (Fsp3) is 0.500. The van der Waals surface area contributed by atoms with Crippen molar-refractivity contribution in [1.82, 2.24) is 20.1 Å². The topological polar surface area (TPSA) is 81.1 Å². The van der Waals surface area contributed by atoms with Gasteiger partial charge in [-0.3, -0.25) is 0 Å². The van der Waals surface area contributed by atoms with Gasteiger partial charge in [-0.25, -0.2) is 14.5 Å². The first-order valence-electron chi connectivity index (χ1n) is 8.78. The number of benzene rings is 1. The summed E-state index contributed by atoms with van der Waals surface area (Å²) in [6.07, 6.45) is 2.77. The Hall–Kier alpha value is -2.57. The van der Waals surface area contributed by atoms with Gasteiger partial charge >= 0.3 is 6.03 Å². The second-order valence-electron chi connectivity index (χ2n) is 6.46. The molecule has 2 amide bonds. The molecule has 0 bridgehead atoms. The molecule has 2 heterocycles. The molecule has 2 atom stereocenters. The van der Waals surface area contributed by atoms with Gasteiger partial charge in [0.1, 0.15) is 17.4 Å². The van der Waals surface area contributed by atoms with E-state index in [1.165, 1.54) is 0 Å². The highest BCUT2D eigenvalue weighted by Crippen LogP contribution is 2.19. The highest BCUT2D eigenvalue weighted by molar-refractivity contribution is 5.89. The zero-order valence-corrected chi connectivity index (χ0v) is 15.0. The van der Waals surface area contributed by atoms with Crippen LogP contribution in [-0.4, -0.2) is 32.9 Å². The largest absolute Gasteiger partial charge is 0.491 e. The summed E-state index contributed by atoms with van der Waals surface area (Å²) in [6, 6.07) is 7.29. The summed E-state index contributed by atoms with van der Waals surface area (Å²) in [5.74, 6) is 2.52. The summed E-state index contributed by atoms with van der Waals surface area (Å²) in [5, 5.41) is 10.2. The lowest BCUT2D eigenvalue weighted by Crippen LogP contribution is -2.43. The zero-order chi connectivity index (χ0) is 17.8. The molecule has 0 spiro atoms. The van der Waals surface area contributed by atoms with Crippen molar-refractivity contribution in [3.05, 3.63) is 35.9 Å². The Morgan fingerprint density at radius 1 is 1.48 bits per heavy atom. The van der Waals surface area contributed by atoms with Gasteiger partial charge in [0, 0.05) is 18.2 Å². The number of ether oxygens (including phenoxy) is 1. The van der Waals surface area contributed by atoms with Crippen LogP contribution in [0.5, 0.6) is 5.75 Å². The molecule has 0 radical (unpaired) electrons. The smallest absolute Gasteiger partial charge is 0.319 e. The number of amides is 2. The van der Waals surface area contributed by atoms with Gasteiger partial charge in [-0.15, -0.1) is 0 Å². The van der Waals surface area contributed by atoms with Crippen LogP contribution in [-0.2, 0) is 13.0 Å². The number of nitrogens with one attached hydrogen (secondary N) is 2. The van der Waals surface area contributed by atoms with Crippen LogP contribution in [0.4, 0.5) is 10.5 Å². The van der Waals surface area contributed by atoms with Gasteiger partial charge in [0.05, 0.1) is 18.7 Å². The molecule has 134 valence electrons. The van der Waals surface area contributed by atoms with Gasteiger partial charge in [0.2, 0.25) is 0 Å². The van der Waals surface area contributed by atoms with Gasteiger partial charge < -0.3 is 15.4 Å². The maximum atomic E-state index is 12.3. The van der Waals surface area contributed by atoms with E-state index in [9.17, 15) is 4.79 Å². The summed E-state index contributed by atoms with van der Waals surface area (Å²) in [5.41, 5.74) is 0.714.